The number of rotatable bonds is 3. The quantitative estimate of drug-likeness (QED) is 0.506. The molecular formula is C17H24N2O2. The minimum atomic E-state index is -0.250. The van der Waals surface area contributed by atoms with Gasteiger partial charge in [0.2, 0.25) is 0 Å². The Morgan fingerprint density at radius 2 is 2.05 bits per heavy atom. The molecule has 1 aliphatic rings. The molecule has 0 fully saturated rings. The van der Waals surface area contributed by atoms with Crippen molar-refractivity contribution in [2.45, 2.75) is 45.4 Å². The van der Waals surface area contributed by atoms with Crippen LogP contribution in [0, 0.1) is 0 Å². The van der Waals surface area contributed by atoms with Crippen molar-refractivity contribution in [2.24, 2.45) is 10.7 Å². The zero-order chi connectivity index (χ0) is 15.7. The van der Waals surface area contributed by atoms with Crippen LogP contribution in [0.4, 0.5) is 0 Å². The molecule has 4 heteroatoms. The number of amidine groups is 1. The lowest BCUT2D eigenvalue weighted by Crippen LogP contribution is -2.13. The number of allylic oxidation sites excluding steroid dienone is 2. The normalized spacial score (nSPS) is 18.8. The summed E-state index contributed by atoms with van der Waals surface area (Å²) in [6.45, 7) is 3.98. The fourth-order valence-corrected chi connectivity index (χ4v) is 2.45. The van der Waals surface area contributed by atoms with Crippen LogP contribution in [0.5, 0.6) is 0 Å². The van der Waals surface area contributed by atoms with Crippen molar-refractivity contribution in [3.05, 3.63) is 47.2 Å². The highest BCUT2D eigenvalue weighted by molar-refractivity contribution is 5.81. The maximum absolute atomic E-state index is 8.36. The van der Waals surface area contributed by atoms with Gasteiger partial charge < -0.3 is 10.8 Å². The van der Waals surface area contributed by atoms with Gasteiger partial charge in [0, 0.05) is 12.1 Å². The molecule has 0 aliphatic heterocycles. The fourth-order valence-electron chi connectivity index (χ4n) is 2.45. The Kier molecular flexibility index (Phi) is 7.23. The summed E-state index contributed by atoms with van der Waals surface area (Å²) in [5, 5.41) is 6.89. The molecule has 21 heavy (non-hydrogen) atoms. The van der Waals surface area contributed by atoms with E-state index in [9.17, 15) is 0 Å². The topological polar surface area (TPSA) is 75.7 Å². The Bertz CT molecular complexity index is 507. The van der Waals surface area contributed by atoms with Crippen molar-refractivity contribution in [2.75, 3.05) is 0 Å². The Morgan fingerprint density at radius 1 is 1.43 bits per heavy atom. The molecule has 0 radical (unpaired) electrons. The van der Waals surface area contributed by atoms with Gasteiger partial charge in [-0.2, -0.15) is 0 Å². The fraction of sp³-hybridized carbons (Fsp3) is 0.412. The Balaban J connectivity index is 0.000000677. The average Bonchev–Trinajstić information content (AvgIpc) is 2.51. The van der Waals surface area contributed by atoms with Gasteiger partial charge in [-0.15, -0.1) is 0 Å². The summed E-state index contributed by atoms with van der Waals surface area (Å²) in [6.07, 6.45) is 4.21. The number of benzene rings is 1. The smallest absolute Gasteiger partial charge is 0.290 e. The first kappa shape index (κ1) is 17.0. The third-order valence-electron chi connectivity index (χ3n) is 3.71. The highest BCUT2D eigenvalue weighted by Crippen LogP contribution is 2.36. The Hall–Kier alpha value is -2.10. The predicted octanol–water partition coefficient (Wildman–Crippen LogP) is 3.70. The largest absolute Gasteiger partial charge is 0.483 e. The summed E-state index contributed by atoms with van der Waals surface area (Å²) in [4.78, 5) is 12.9. The van der Waals surface area contributed by atoms with Crippen LogP contribution in [0.15, 0.2) is 46.6 Å². The van der Waals surface area contributed by atoms with Crippen molar-refractivity contribution in [3.63, 3.8) is 0 Å². The van der Waals surface area contributed by atoms with Crippen molar-refractivity contribution in [3.8, 4) is 0 Å². The molecule has 3 N–H and O–H groups in total. The molecule has 0 saturated carbocycles. The number of hydrogen-bond donors (Lipinski definition) is 2. The van der Waals surface area contributed by atoms with E-state index in [-0.39, 0.29) is 6.47 Å². The summed E-state index contributed by atoms with van der Waals surface area (Å²) in [5.74, 6) is 1.34. The van der Waals surface area contributed by atoms with Gasteiger partial charge in [0.1, 0.15) is 0 Å². The van der Waals surface area contributed by atoms with Crippen LogP contribution >= 0.6 is 0 Å². The van der Waals surface area contributed by atoms with Crippen LogP contribution in [0.3, 0.4) is 0 Å². The van der Waals surface area contributed by atoms with Gasteiger partial charge in [-0.1, -0.05) is 42.8 Å². The number of aliphatic imine (C=N–C) groups is 1. The maximum Gasteiger partial charge on any atom is 0.290 e. The highest BCUT2D eigenvalue weighted by Gasteiger charge is 2.20. The third-order valence-corrected chi connectivity index (χ3v) is 3.71. The third kappa shape index (κ3) is 5.42. The van der Waals surface area contributed by atoms with Crippen LogP contribution < -0.4 is 5.73 Å². The van der Waals surface area contributed by atoms with Gasteiger partial charge in [0.15, 0.2) is 0 Å². The van der Waals surface area contributed by atoms with E-state index in [0.29, 0.717) is 5.92 Å². The molecule has 0 spiro atoms. The zero-order valence-electron chi connectivity index (χ0n) is 12.7. The molecule has 1 unspecified atom stereocenters. The summed E-state index contributed by atoms with van der Waals surface area (Å²) >= 11 is 0. The van der Waals surface area contributed by atoms with E-state index in [2.05, 4.69) is 42.2 Å². The molecule has 1 aliphatic carbocycles. The number of nitrogens with zero attached hydrogens (tertiary/aromatic N) is 1. The molecule has 0 amide bonds. The molecule has 1 aromatic carbocycles. The summed E-state index contributed by atoms with van der Waals surface area (Å²) in [6, 6.07) is 10.7. The first-order valence-electron chi connectivity index (χ1n) is 7.26. The standard InChI is InChI=1S/C16H22N2.CH2O2/c1-3-16(17)18-15-11-14(10-9-12(15)2)13-7-5-4-6-8-13;2-1-3/h4-8,14H,3,9-11H2,1-2H3,(H2,17,18);1H,(H,2,3). The van der Waals surface area contributed by atoms with E-state index in [0.717, 1.165) is 25.1 Å². The van der Waals surface area contributed by atoms with Gasteiger partial charge in [-0.05, 0) is 37.7 Å². The van der Waals surface area contributed by atoms with Crippen LogP contribution in [0.25, 0.3) is 0 Å². The highest BCUT2D eigenvalue weighted by atomic mass is 16.3. The van der Waals surface area contributed by atoms with E-state index in [4.69, 9.17) is 15.6 Å². The van der Waals surface area contributed by atoms with E-state index in [1.807, 2.05) is 6.92 Å². The van der Waals surface area contributed by atoms with Gasteiger partial charge in [-0.25, -0.2) is 4.99 Å². The molecule has 0 saturated heterocycles. The second kappa shape index (κ2) is 8.95. The van der Waals surface area contributed by atoms with Crippen LogP contribution in [-0.2, 0) is 4.79 Å². The molecule has 0 aromatic heterocycles. The second-order valence-corrected chi connectivity index (χ2v) is 5.14. The van der Waals surface area contributed by atoms with Gasteiger partial charge in [0.25, 0.3) is 6.47 Å². The molecule has 2 rings (SSSR count). The van der Waals surface area contributed by atoms with E-state index in [1.54, 1.807) is 0 Å². The van der Waals surface area contributed by atoms with Crippen LogP contribution in [0.2, 0.25) is 0 Å². The van der Waals surface area contributed by atoms with Gasteiger partial charge in [-0.3, -0.25) is 4.79 Å². The maximum atomic E-state index is 8.36. The van der Waals surface area contributed by atoms with Gasteiger partial charge >= 0.3 is 0 Å². The zero-order valence-corrected chi connectivity index (χ0v) is 12.7. The first-order chi connectivity index (χ1) is 10.1. The van der Waals surface area contributed by atoms with Crippen molar-refractivity contribution in [1.29, 1.82) is 0 Å². The molecule has 0 bridgehead atoms. The number of hydrogen-bond acceptors (Lipinski definition) is 2. The Labute approximate surface area is 126 Å². The van der Waals surface area contributed by atoms with Crippen LogP contribution in [-0.4, -0.2) is 17.4 Å². The SMILES string of the molecule is CCC(N)=NC1=C(C)CCC(c2ccccc2)C1.O=CO. The lowest BCUT2D eigenvalue weighted by atomic mass is 9.83. The predicted molar refractivity (Wildman–Crippen MR) is 86.3 cm³/mol. The molecular weight excluding hydrogens is 264 g/mol. The number of nitrogens with two attached hydrogens (primary N) is 1. The Morgan fingerprint density at radius 3 is 2.62 bits per heavy atom. The van der Waals surface area contributed by atoms with E-state index < -0.39 is 0 Å². The first-order valence-corrected chi connectivity index (χ1v) is 7.26. The summed E-state index contributed by atoms with van der Waals surface area (Å²) in [5.41, 5.74) is 9.89. The van der Waals surface area contributed by atoms with Crippen LogP contribution in [0.1, 0.15) is 51.0 Å². The summed E-state index contributed by atoms with van der Waals surface area (Å²) in [7, 11) is 0. The van der Waals surface area contributed by atoms with Gasteiger partial charge in [0.05, 0.1) is 5.84 Å². The van der Waals surface area contributed by atoms with Crippen molar-refractivity contribution >= 4 is 12.3 Å². The lowest BCUT2D eigenvalue weighted by molar-refractivity contribution is -0.122. The minimum absolute atomic E-state index is 0.250. The van der Waals surface area contributed by atoms with Crippen molar-refractivity contribution in [1.82, 2.24) is 0 Å². The molecule has 114 valence electrons. The monoisotopic (exact) mass is 288 g/mol. The van der Waals surface area contributed by atoms with Crippen molar-refractivity contribution < 1.29 is 9.90 Å². The lowest BCUT2D eigenvalue weighted by Gasteiger charge is -2.24. The molecule has 4 nitrogen and oxygen atoms in total. The second-order valence-electron chi connectivity index (χ2n) is 5.14. The minimum Gasteiger partial charge on any atom is -0.483 e. The molecule has 0 heterocycles. The van der Waals surface area contributed by atoms with E-state index in [1.165, 1.54) is 23.3 Å². The molecule has 1 atom stereocenters. The number of carbonyl (C=O) groups is 1. The summed E-state index contributed by atoms with van der Waals surface area (Å²) < 4.78 is 0. The van der Waals surface area contributed by atoms with E-state index >= 15 is 0 Å². The number of carboxylic acid groups (broad SMARTS) is 1. The molecule has 1 aromatic rings. The average molecular weight is 288 g/mol.